The molecule has 1 unspecified atom stereocenters. The van der Waals surface area contributed by atoms with Crippen LogP contribution >= 0.6 is 0 Å². The monoisotopic (exact) mass is 354 g/mol. The van der Waals surface area contributed by atoms with E-state index < -0.39 is 0 Å². The molecule has 1 aliphatic rings. The summed E-state index contributed by atoms with van der Waals surface area (Å²) in [6.07, 6.45) is 2.54. The van der Waals surface area contributed by atoms with E-state index >= 15 is 0 Å². The second-order valence-corrected chi connectivity index (χ2v) is 6.40. The molecule has 1 aliphatic heterocycles. The molecule has 1 heterocycles. The normalized spacial score (nSPS) is 17.0. The molecule has 138 valence electrons. The topological polar surface area (TPSA) is 50.8 Å². The molecule has 1 atom stereocenters. The third kappa shape index (κ3) is 4.55. The smallest absolute Gasteiger partial charge is 0.255 e. The minimum absolute atomic E-state index is 0.127. The fraction of sp³-hybridized carbons (Fsp3) is 0.381. The summed E-state index contributed by atoms with van der Waals surface area (Å²) in [6, 6.07) is 15.1. The predicted octanol–water partition coefficient (Wildman–Crippen LogP) is 3.95. The molecule has 0 aliphatic carbocycles. The van der Waals surface area contributed by atoms with Gasteiger partial charge in [-0.25, -0.2) is 0 Å². The standard InChI is InChI=1S/C21H26N2O3/c1-3-26-19-12-6-16(7-13-19)21(24)22-17-8-10-18(11-9-17)23-14-4-5-20(15-23)25-2/h6-13,20H,3-5,14-15H2,1-2H3,(H,22,24). The Morgan fingerprint density at radius 2 is 1.88 bits per heavy atom. The van der Waals surface area contributed by atoms with Gasteiger partial charge in [0.25, 0.3) is 5.91 Å². The second kappa shape index (κ2) is 8.72. The van der Waals surface area contributed by atoms with E-state index in [0.29, 0.717) is 18.3 Å². The molecule has 5 heteroatoms. The van der Waals surface area contributed by atoms with Gasteiger partial charge in [-0.1, -0.05) is 0 Å². The van der Waals surface area contributed by atoms with Crippen LogP contribution < -0.4 is 15.0 Å². The lowest BCUT2D eigenvalue weighted by Crippen LogP contribution is -2.39. The maximum Gasteiger partial charge on any atom is 0.255 e. The Bertz CT molecular complexity index is 713. The molecule has 1 fully saturated rings. The van der Waals surface area contributed by atoms with Crippen molar-refractivity contribution in [1.82, 2.24) is 0 Å². The fourth-order valence-corrected chi connectivity index (χ4v) is 3.19. The van der Waals surface area contributed by atoms with Crippen LogP contribution in [0.2, 0.25) is 0 Å². The first kappa shape index (κ1) is 18.3. The van der Waals surface area contributed by atoms with E-state index in [0.717, 1.165) is 43.1 Å². The molecule has 0 spiro atoms. The van der Waals surface area contributed by atoms with Crippen LogP contribution in [-0.4, -0.2) is 38.8 Å². The third-order valence-electron chi connectivity index (χ3n) is 4.63. The average Bonchev–Trinajstić information content (AvgIpc) is 2.69. The largest absolute Gasteiger partial charge is 0.494 e. The van der Waals surface area contributed by atoms with Gasteiger partial charge in [0.2, 0.25) is 0 Å². The Morgan fingerprint density at radius 3 is 2.54 bits per heavy atom. The molecular formula is C21H26N2O3. The average molecular weight is 354 g/mol. The summed E-state index contributed by atoms with van der Waals surface area (Å²) in [6.45, 7) is 4.50. The summed E-state index contributed by atoms with van der Waals surface area (Å²) < 4.78 is 10.9. The number of benzene rings is 2. The molecule has 5 nitrogen and oxygen atoms in total. The first-order chi connectivity index (χ1) is 12.7. The molecule has 1 amide bonds. The van der Waals surface area contributed by atoms with Gasteiger partial charge in [0.05, 0.1) is 12.7 Å². The molecule has 0 saturated carbocycles. The zero-order chi connectivity index (χ0) is 18.4. The molecule has 1 saturated heterocycles. The highest BCUT2D eigenvalue weighted by Gasteiger charge is 2.19. The Hall–Kier alpha value is -2.53. The molecule has 0 aromatic heterocycles. The maximum absolute atomic E-state index is 12.4. The zero-order valence-electron chi connectivity index (χ0n) is 15.4. The summed E-state index contributed by atoms with van der Waals surface area (Å²) in [7, 11) is 1.77. The minimum atomic E-state index is -0.127. The van der Waals surface area contributed by atoms with Crippen molar-refractivity contribution in [1.29, 1.82) is 0 Å². The molecular weight excluding hydrogens is 328 g/mol. The van der Waals surface area contributed by atoms with Gasteiger partial charge in [-0.3, -0.25) is 4.79 Å². The van der Waals surface area contributed by atoms with Crippen LogP contribution in [0.3, 0.4) is 0 Å². The van der Waals surface area contributed by atoms with Gasteiger partial charge < -0.3 is 19.7 Å². The lowest BCUT2D eigenvalue weighted by atomic mass is 10.1. The lowest BCUT2D eigenvalue weighted by molar-refractivity contribution is 0.0893. The number of ether oxygens (including phenoxy) is 2. The Labute approximate surface area is 154 Å². The van der Waals surface area contributed by atoms with Crippen molar-refractivity contribution in [2.75, 3.05) is 37.0 Å². The van der Waals surface area contributed by atoms with Crippen molar-refractivity contribution in [2.45, 2.75) is 25.9 Å². The van der Waals surface area contributed by atoms with Gasteiger partial charge in [-0.05, 0) is 68.3 Å². The molecule has 0 radical (unpaired) electrons. The van der Waals surface area contributed by atoms with Gasteiger partial charge in [-0.15, -0.1) is 0 Å². The number of nitrogens with one attached hydrogen (secondary N) is 1. The van der Waals surface area contributed by atoms with Crippen LogP contribution in [-0.2, 0) is 4.74 Å². The highest BCUT2D eigenvalue weighted by molar-refractivity contribution is 6.04. The van der Waals surface area contributed by atoms with Crippen molar-refractivity contribution < 1.29 is 14.3 Å². The van der Waals surface area contributed by atoms with Gasteiger partial charge in [0, 0.05) is 37.1 Å². The van der Waals surface area contributed by atoms with Gasteiger partial charge in [0.1, 0.15) is 5.75 Å². The van der Waals surface area contributed by atoms with Gasteiger partial charge in [0.15, 0.2) is 0 Å². The van der Waals surface area contributed by atoms with Crippen LogP contribution in [0.1, 0.15) is 30.1 Å². The van der Waals surface area contributed by atoms with E-state index in [1.807, 2.05) is 43.3 Å². The molecule has 2 aromatic rings. The number of piperidine rings is 1. The third-order valence-corrected chi connectivity index (χ3v) is 4.63. The van der Waals surface area contributed by atoms with Crippen LogP contribution in [0.25, 0.3) is 0 Å². The number of hydrogen-bond acceptors (Lipinski definition) is 4. The minimum Gasteiger partial charge on any atom is -0.494 e. The molecule has 1 N–H and O–H groups in total. The maximum atomic E-state index is 12.4. The number of amides is 1. The zero-order valence-corrected chi connectivity index (χ0v) is 15.4. The number of methoxy groups -OCH3 is 1. The Kier molecular flexibility index (Phi) is 6.12. The summed E-state index contributed by atoms with van der Waals surface area (Å²) in [5.74, 6) is 0.641. The number of rotatable bonds is 6. The quantitative estimate of drug-likeness (QED) is 0.853. The molecule has 0 bridgehead atoms. The van der Waals surface area contributed by atoms with E-state index in [-0.39, 0.29) is 5.91 Å². The van der Waals surface area contributed by atoms with Crippen LogP contribution in [0.4, 0.5) is 11.4 Å². The van der Waals surface area contributed by atoms with E-state index in [1.165, 1.54) is 0 Å². The van der Waals surface area contributed by atoms with Crippen molar-refractivity contribution in [3.05, 3.63) is 54.1 Å². The van der Waals surface area contributed by atoms with Gasteiger partial charge in [-0.2, -0.15) is 0 Å². The van der Waals surface area contributed by atoms with E-state index in [9.17, 15) is 4.79 Å². The highest BCUT2D eigenvalue weighted by atomic mass is 16.5. The fourth-order valence-electron chi connectivity index (χ4n) is 3.19. The summed E-state index contributed by atoms with van der Waals surface area (Å²) in [5, 5.41) is 2.94. The van der Waals surface area contributed by atoms with Crippen LogP contribution in [0.5, 0.6) is 5.75 Å². The predicted molar refractivity (Wildman–Crippen MR) is 104 cm³/mol. The van der Waals surface area contributed by atoms with Crippen molar-refractivity contribution in [2.24, 2.45) is 0 Å². The van der Waals surface area contributed by atoms with E-state index in [2.05, 4.69) is 10.2 Å². The first-order valence-corrected chi connectivity index (χ1v) is 9.11. The summed E-state index contributed by atoms with van der Waals surface area (Å²) in [4.78, 5) is 14.7. The number of carbonyl (C=O) groups excluding carboxylic acids is 1. The lowest BCUT2D eigenvalue weighted by Gasteiger charge is -2.33. The van der Waals surface area contributed by atoms with Crippen LogP contribution in [0.15, 0.2) is 48.5 Å². The summed E-state index contributed by atoms with van der Waals surface area (Å²) >= 11 is 0. The van der Waals surface area contributed by atoms with Crippen molar-refractivity contribution >= 4 is 17.3 Å². The second-order valence-electron chi connectivity index (χ2n) is 6.40. The SMILES string of the molecule is CCOc1ccc(C(=O)Nc2ccc(N3CCCC(OC)C3)cc2)cc1. The molecule has 2 aromatic carbocycles. The van der Waals surface area contributed by atoms with E-state index in [4.69, 9.17) is 9.47 Å². The Morgan fingerprint density at radius 1 is 1.15 bits per heavy atom. The van der Waals surface area contributed by atoms with E-state index in [1.54, 1.807) is 19.2 Å². The summed E-state index contributed by atoms with van der Waals surface area (Å²) in [5.41, 5.74) is 2.55. The highest BCUT2D eigenvalue weighted by Crippen LogP contribution is 2.23. The Balaban J connectivity index is 1.60. The number of hydrogen-bond donors (Lipinski definition) is 1. The number of anilines is 2. The molecule has 26 heavy (non-hydrogen) atoms. The van der Waals surface area contributed by atoms with Crippen molar-refractivity contribution in [3.8, 4) is 5.75 Å². The van der Waals surface area contributed by atoms with Gasteiger partial charge >= 0.3 is 0 Å². The first-order valence-electron chi connectivity index (χ1n) is 9.11. The number of carbonyl (C=O) groups is 1. The number of nitrogens with zero attached hydrogens (tertiary/aromatic N) is 1. The van der Waals surface area contributed by atoms with Crippen molar-refractivity contribution in [3.63, 3.8) is 0 Å². The van der Waals surface area contributed by atoms with Crippen LogP contribution in [0, 0.1) is 0 Å². The molecule has 3 rings (SSSR count).